The Morgan fingerprint density at radius 1 is 1.00 bits per heavy atom. The number of methoxy groups -OCH3 is 2. The molecule has 134 valence electrons. The number of para-hydroxylation sites is 1. The van der Waals surface area contributed by atoms with Gasteiger partial charge in [0, 0.05) is 0 Å². The Morgan fingerprint density at radius 2 is 1.64 bits per heavy atom. The molecule has 2 rings (SSSR count). The molecule has 2 aromatic rings. The van der Waals surface area contributed by atoms with Crippen molar-refractivity contribution in [1.29, 1.82) is 0 Å². The molecule has 0 saturated heterocycles. The average molecular weight is 341 g/mol. The Hall–Kier alpha value is -2.49. The molecule has 1 N–H and O–H groups in total. The van der Waals surface area contributed by atoms with Crippen molar-refractivity contribution in [2.24, 2.45) is 0 Å². The molecule has 0 aliphatic heterocycles. The van der Waals surface area contributed by atoms with Gasteiger partial charge >= 0.3 is 0 Å². The zero-order valence-corrected chi connectivity index (χ0v) is 15.8. The second-order valence-corrected chi connectivity index (χ2v) is 7.11. The minimum Gasteiger partial charge on any atom is -0.493 e. The van der Waals surface area contributed by atoms with E-state index in [4.69, 9.17) is 9.47 Å². The van der Waals surface area contributed by atoms with Crippen molar-refractivity contribution in [1.82, 2.24) is 5.32 Å². The van der Waals surface area contributed by atoms with E-state index in [1.807, 2.05) is 6.92 Å². The van der Waals surface area contributed by atoms with Crippen LogP contribution in [0.15, 0.2) is 42.5 Å². The van der Waals surface area contributed by atoms with Crippen molar-refractivity contribution in [3.8, 4) is 11.5 Å². The van der Waals surface area contributed by atoms with Gasteiger partial charge in [0.2, 0.25) is 0 Å². The van der Waals surface area contributed by atoms with E-state index in [1.54, 1.807) is 25.3 Å². The summed E-state index contributed by atoms with van der Waals surface area (Å²) in [6.07, 6.45) is 0. The molecule has 1 unspecified atom stereocenters. The minimum atomic E-state index is -0.192. The van der Waals surface area contributed by atoms with Gasteiger partial charge in [0.1, 0.15) is 0 Å². The fraction of sp³-hybridized carbons (Fsp3) is 0.381. The van der Waals surface area contributed by atoms with Crippen LogP contribution in [-0.2, 0) is 5.41 Å². The number of carbonyl (C=O) groups is 1. The van der Waals surface area contributed by atoms with E-state index in [-0.39, 0.29) is 17.4 Å². The molecule has 0 aliphatic carbocycles. The molecule has 0 fully saturated rings. The number of nitrogens with one attached hydrogen (secondary N) is 1. The van der Waals surface area contributed by atoms with Crippen LogP contribution in [0.5, 0.6) is 11.5 Å². The molecule has 0 aromatic heterocycles. The van der Waals surface area contributed by atoms with Crippen LogP contribution in [-0.4, -0.2) is 20.1 Å². The molecule has 4 heteroatoms. The number of hydrogen-bond donors (Lipinski definition) is 1. The summed E-state index contributed by atoms with van der Waals surface area (Å²) in [5, 5.41) is 3.02. The van der Waals surface area contributed by atoms with Crippen molar-refractivity contribution in [2.45, 2.75) is 39.2 Å². The van der Waals surface area contributed by atoms with E-state index < -0.39 is 0 Å². The normalized spacial score (nSPS) is 12.4. The van der Waals surface area contributed by atoms with Gasteiger partial charge in [-0.1, -0.05) is 51.1 Å². The molecule has 0 bridgehead atoms. The summed E-state index contributed by atoms with van der Waals surface area (Å²) in [7, 11) is 3.09. The number of amides is 1. The number of ether oxygens (including phenoxy) is 2. The topological polar surface area (TPSA) is 47.6 Å². The first-order valence-corrected chi connectivity index (χ1v) is 8.40. The van der Waals surface area contributed by atoms with Gasteiger partial charge in [0.25, 0.3) is 5.91 Å². The Balaban J connectivity index is 2.18. The maximum absolute atomic E-state index is 12.7. The molecule has 0 radical (unpaired) electrons. The number of rotatable bonds is 5. The average Bonchev–Trinajstić information content (AvgIpc) is 2.60. The maximum atomic E-state index is 12.7. The fourth-order valence-electron chi connectivity index (χ4n) is 2.70. The minimum absolute atomic E-state index is 0.110. The van der Waals surface area contributed by atoms with Crippen LogP contribution in [0.2, 0.25) is 0 Å². The van der Waals surface area contributed by atoms with Crippen molar-refractivity contribution in [2.75, 3.05) is 14.2 Å². The first kappa shape index (κ1) is 18.8. The van der Waals surface area contributed by atoms with Gasteiger partial charge in [0.05, 0.1) is 25.8 Å². The van der Waals surface area contributed by atoms with Crippen LogP contribution in [0.1, 0.15) is 55.2 Å². The standard InChI is InChI=1S/C21H27NO3/c1-14(15-10-12-16(13-11-15)21(2,3)4)22-20(23)17-8-7-9-18(24-5)19(17)25-6/h7-14H,1-6H3,(H,22,23). The van der Waals surface area contributed by atoms with Crippen LogP contribution in [0.3, 0.4) is 0 Å². The highest BCUT2D eigenvalue weighted by Gasteiger charge is 2.19. The summed E-state index contributed by atoms with van der Waals surface area (Å²) >= 11 is 0. The number of hydrogen-bond acceptors (Lipinski definition) is 3. The van der Waals surface area contributed by atoms with Gasteiger partial charge < -0.3 is 14.8 Å². The second kappa shape index (κ2) is 7.60. The predicted octanol–water partition coefficient (Wildman–Crippen LogP) is 4.49. The predicted molar refractivity (Wildman–Crippen MR) is 101 cm³/mol. The summed E-state index contributed by atoms with van der Waals surface area (Å²) in [6.45, 7) is 8.52. The SMILES string of the molecule is COc1cccc(C(=O)NC(C)c2ccc(C(C)(C)C)cc2)c1OC. The van der Waals surface area contributed by atoms with Crippen LogP contribution in [0, 0.1) is 0 Å². The molecule has 2 aromatic carbocycles. The molecular formula is C21H27NO3. The van der Waals surface area contributed by atoms with Gasteiger partial charge in [-0.25, -0.2) is 0 Å². The van der Waals surface area contributed by atoms with E-state index in [2.05, 4.69) is 50.4 Å². The largest absolute Gasteiger partial charge is 0.493 e. The van der Waals surface area contributed by atoms with Crippen molar-refractivity contribution < 1.29 is 14.3 Å². The molecule has 4 nitrogen and oxygen atoms in total. The second-order valence-electron chi connectivity index (χ2n) is 7.11. The van der Waals surface area contributed by atoms with Crippen LogP contribution in [0.25, 0.3) is 0 Å². The molecule has 0 spiro atoms. The van der Waals surface area contributed by atoms with Crippen molar-refractivity contribution in [3.05, 3.63) is 59.2 Å². The molecule has 0 saturated carbocycles. The molecule has 25 heavy (non-hydrogen) atoms. The summed E-state index contributed by atoms with van der Waals surface area (Å²) < 4.78 is 10.6. The van der Waals surface area contributed by atoms with Crippen LogP contribution >= 0.6 is 0 Å². The third kappa shape index (κ3) is 4.32. The highest BCUT2D eigenvalue weighted by Crippen LogP contribution is 2.31. The highest BCUT2D eigenvalue weighted by molar-refractivity contribution is 5.98. The van der Waals surface area contributed by atoms with E-state index in [1.165, 1.54) is 12.7 Å². The number of carbonyl (C=O) groups excluding carboxylic acids is 1. The first-order valence-electron chi connectivity index (χ1n) is 8.40. The van der Waals surface area contributed by atoms with Gasteiger partial charge in [-0.05, 0) is 35.6 Å². The number of benzene rings is 2. The Morgan fingerprint density at radius 3 is 2.16 bits per heavy atom. The van der Waals surface area contributed by atoms with Gasteiger partial charge in [-0.15, -0.1) is 0 Å². The van der Waals surface area contributed by atoms with Crippen molar-refractivity contribution >= 4 is 5.91 Å². The first-order chi connectivity index (χ1) is 11.8. The van der Waals surface area contributed by atoms with E-state index in [0.717, 1.165) is 5.56 Å². The Labute approximate surface area is 150 Å². The molecule has 1 amide bonds. The van der Waals surface area contributed by atoms with Crippen LogP contribution in [0.4, 0.5) is 0 Å². The summed E-state index contributed by atoms with van der Waals surface area (Å²) in [5.74, 6) is 0.790. The zero-order valence-electron chi connectivity index (χ0n) is 15.8. The van der Waals surface area contributed by atoms with Crippen molar-refractivity contribution in [3.63, 3.8) is 0 Å². The van der Waals surface area contributed by atoms with E-state index >= 15 is 0 Å². The van der Waals surface area contributed by atoms with E-state index in [9.17, 15) is 4.79 Å². The lowest BCUT2D eigenvalue weighted by Crippen LogP contribution is -2.27. The zero-order chi connectivity index (χ0) is 18.6. The van der Waals surface area contributed by atoms with Gasteiger partial charge in [0.15, 0.2) is 11.5 Å². The lowest BCUT2D eigenvalue weighted by molar-refractivity contribution is 0.0936. The summed E-state index contributed by atoms with van der Waals surface area (Å²) in [5.41, 5.74) is 2.89. The lowest BCUT2D eigenvalue weighted by Gasteiger charge is -2.21. The highest BCUT2D eigenvalue weighted by atomic mass is 16.5. The molecule has 0 aliphatic rings. The van der Waals surface area contributed by atoms with Crippen LogP contribution < -0.4 is 14.8 Å². The smallest absolute Gasteiger partial charge is 0.255 e. The fourth-order valence-corrected chi connectivity index (χ4v) is 2.70. The van der Waals surface area contributed by atoms with Gasteiger partial charge in [-0.3, -0.25) is 4.79 Å². The Kier molecular flexibility index (Phi) is 5.73. The Bertz CT molecular complexity index is 730. The monoisotopic (exact) mass is 341 g/mol. The quantitative estimate of drug-likeness (QED) is 0.871. The lowest BCUT2D eigenvalue weighted by atomic mass is 9.86. The maximum Gasteiger partial charge on any atom is 0.255 e. The van der Waals surface area contributed by atoms with E-state index in [0.29, 0.717) is 17.1 Å². The summed E-state index contributed by atoms with van der Waals surface area (Å²) in [4.78, 5) is 12.7. The van der Waals surface area contributed by atoms with Gasteiger partial charge in [-0.2, -0.15) is 0 Å². The molecular weight excluding hydrogens is 314 g/mol. The third-order valence-corrected chi connectivity index (χ3v) is 4.27. The summed E-state index contributed by atoms with van der Waals surface area (Å²) in [6, 6.07) is 13.5. The molecule has 1 atom stereocenters. The molecule has 0 heterocycles. The third-order valence-electron chi connectivity index (χ3n) is 4.27.